The summed E-state index contributed by atoms with van der Waals surface area (Å²) in [5.41, 5.74) is 0. The molecule has 1 rings (SSSR count). The van der Waals surface area contributed by atoms with E-state index in [1.165, 1.54) is 0 Å². The molecule has 0 aromatic carbocycles. The first-order valence-electron chi connectivity index (χ1n) is 3.46. The van der Waals surface area contributed by atoms with Gasteiger partial charge in [-0.25, -0.2) is 14.4 Å². The van der Waals surface area contributed by atoms with Crippen molar-refractivity contribution in [3.05, 3.63) is 24.3 Å². The molecule has 1 N–H and O–H groups in total. The van der Waals surface area contributed by atoms with Gasteiger partial charge < -0.3 is 5.32 Å². The van der Waals surface area contributed by atoms with Crippen LogP contribution < -0.4 is 5.32 Å². The fourth-order valence-electron chi connectivity index (χ4n) is 0.688. The van der Waals surface area contributed by atoms with Crippen LogP contribution in [0.2, 0.25) is 0 Å². The summed E-state index contributed by atoms with van der Waals surface area (Å²) in [6, 6.07) is 1.75. The molecule has 1 aromatic heterocycles. The third kappa shape index (κ3) is 3.04. The van der Waals surface area contributed by atoms with Crippen molar-refractivity contribution in [1.29, 1.82) is 0 Å². The summed E-state index contributed by atoms with van der Waals surface area (Å²) in [4.78, 5) is 7.91. The van der Waals surface area contributed by atoms with Crippen LogP contribution in [0.3, 0.4) is 0 Å². The highest BCUT2D eigenvalue weighted by molar-refractivity contribution is 4.87. The highest BCUT2D eigenvalue weighted by Crippen LogP contribution is 1.84. The maximum absolute atomic E-state index is 11.6. The molecule has 0 unspecified atom stereocenters. The van der Waals surface area contributed by atoms with Gasteiger partial charge in [0, 0.05) is 18.9 Å². The summed E-state index contributed by atoms with van der Waals surface area (Å²) in [6.45, 7) is 0.538. The average molecular weight is 155 g/mol. The van der Waals surface area contributed by atoms with Crippen molar-refractivity contribution in [1.82, 2.24) is 15.3 Å². The van der Waals surface area contributed by atoms with Crippen molar-refractivity contribution in [2.45, 2.75) is 6.54 Å². The third-order valence-corrected chi connectivity index (χ3v) is 1.17. The first-order chi connectivity index (χ1) is 5.43. The quantitative estimate of drug-likeness (QED) is 0.645. The van der Waals surface area contributed by atoms with E-state index in [0.29, 0.717) is 18.9 Å². The summed E-state index contributed by atoms with van der Waals surface area (Å²) in [6.07, 6.45) is 3.33. The van der Waals surface area contributed by atoms with E-state index in [9.17, 15) is 4.39 Å². The van der Waals surface area contributed by atoms with Crippen LogP contribution >= 0.6 is 0 Å². The van der Waals surface area contributed by atoms with Gasteiger partial charge in [-0.05, 0) is 6.07 Å². The Morgan fingerprint density at radius 1 is 1.36 bits per heavy atom. The number of halogens is 1. The SMILES string of the molecule is FCCNCc1ncccn1. The van der Waals surface area contributed by atoms with Crippen LogP contribution in [0.25, 0.3) is 0 Å². The minimum atomic E-state index is -0.354. The number of rotatable bonds is 4. The van der Waals surface area contributed by atoms with Crippen molar-refractivity contribution in [3.8, 4) is 0 Å². The first-order valence-corrected chi connectivity index (χ1v) is 3.46. The standard InChI is InChI=1S/C7H10FN3/c8-2-5-9-6-7-10-3-1-4-11-7/h1,3-4,9H,2,5-6H2. The highest BCUT2D eigenvalue weighted by Gasteiger charge is 1.91. The van der Waals surface area contributed by atoms with Gasteiger partial charge in [-0.2, -0.15) is 0 Å². The normalized spacial score (nSPS) is 9.91. The van der Waals surface area contributed by atoms with E-state index in [0.717, 1.165) is 0 Å². The number of hydrogen-bond acceptors (Lipinski definition) is 3. The van der Waals surface area contributed by atoms with Crippen molar-refractivity contribution in [2.75, 3.05) is 13.2 Å². The number of nitrogens with zero attached hydrogens (tertiary/aromatic N) is 2. The van der Waals surface area contributed by atoms with Gasteiger partial charge in [0.25, 0.3) is 0 Å². The molecule has 0 atom stereocenters. The third-order valence-electron chi connectivity index (χ3n) is 1.17. The van der Waals surface area contributed by atoms with E-state index in [-0.39, 0.29) is 6.67 Å². The molecule has 1 aromatic rings. The molecule has 0 saturated heterocycles. The van der Waals surface area contributed by atoms with Gasteiger partial charge in [-0.15, -0.1) is 0 Å². The second-order valence-corrected chi connectivity index (χ2v) is 2.03. The Balaban J connectivity index is 2.28. The van der Waals surface area contributed by atoms with E-state index < -0.39 is 0 Å². The molecule has 3 nitrogen and oxygen atoms in total. The van der Waals surface area contributed by atoms with Crippen molar-refractivity contribution >= 4 is 0 Å². The van der Waals surface area contributed by atoms with Crippen molar-refractivity contribution in [3.63, 3.8) is 0 Å². The van der Waals surface area contributed by atoms with Crippen LogP contribution in [-0.2, 0) is 6.54 Å². The van der Waals surface area contributed by atoms with Crippen molar-refractivity contribution in [2.24, 2.45) is 0 Å². The van der Waals surface area contributed by atoms with Gasteiger partial charge >= 0.3 is 0 Å². The molecule has 1 heterocycles. The predicted molar refractivity (Wildman–Crippen MR) is 39.7 cm³/mol. The molecule has 0 bridgehead atoms. The van der Waals surface area contributed by atoms with E-state index in [1.54, 1.807) is 18.5 Å². The molecule has 0 radical (unpaired) electrons. The highest BCUT2D eigenvalue weighted by atomic mass is 19.1. The fourth-order valence-corrected chi connectivity index (χ4v) is 0.688. The van der Waals surface area contributed by atoms with Crippen LogP contribution in [0.5, 0.6) is 0 Å². The molecule has 60 valence electrons. The number of hydrogen-bond donors (Lipinski definition) is 1. The molecule has 0 saturated carbocycles. The van der Waals surface area contributed by atoms with E-state index in [1.807, 2.05) is 0 Å². The lowest BCUT2D eigenvalue weighted by atomic mass is 10.5. The molecule has 0 aliphatic heterocycles. The van der Waals surface area contributed by atoms with E-state index in [2.05, 4.69) is 15.3 Å². The Morgan fingerprint density at radius 3 is 2.73 bits per heavy atom. The molecule has 0 fully saturated rings. The Labute approximate surface area is 64.7 Å². The molecular formula is C7H10FN3. The predicted octanol–water partition coefficient (Wildman–Crippen LogP) is 0.536. The zero-order chi connectivity index (χ0) is 7.94. The maximum Gasteiger partial charge on any atom is 0.141 e. The minimum Gasteiger partial charge on any atom is -0.307 e. The van der Waals surface area contributed by atoms with Gasteiger partial charge in [0.1, 0.15) is 12.5 Å². The number of alkyl halides is 1. The Kier molecular flexibility index (Phi) is 3.47. The Bertz CT molecular complexity index is 190. The largest absolute Gasteiger partial charge is 0.307 e. The Hall–Kier alpha value is -1.03. The molecule has 0 amide bonds. The minimum absolute atomic E-state index is 0.354. The number of nitrogens with one attached hydrogen (secondary N) is 1. The van der Waals surface area contributed by atoms with Crippen LogP contribution in [0.4, 0.5) is 4.39 Å². The molecule has 4 heteroatoms. The summed E-state index contributed by atoms with van der Waals surface area (Å²) in [5, 5.41) is 2.85. The van der Waals surface area contributed by atoms with Crippen LogP contribution in [0, 0.1) is 0 Å². The average Bonchev–Trinajstić information content (AvgIpc) is 2.07. The molecule has 11 heavy (non-hydrogen) atoms. The zero-order valence-electron chi connectivity index (χ0n) is 6.13. The van der Waals surface area contributed by atoms with E-state index in [4.69, 9.17) is 0 Å². The van der Waals surface area contributed by atoms with Gasteiger partial charge in [0.2, 0.25) is 0 Å². The van der Waals surface area contributed by atoms with E-state index >= 15 is 0 Å². The molecule has 0 aliphatic carbocycles. The van der Waals surface area contributed by atoms with Gasteiger partial charge in [-0.1, -0.05) is 0 Å². The number of aromatic nitrogens is 2. The van der Waals surface area contributed by atoms with Crippen LogP contribution in [0.15, 0.2) is 18.5 Å². The fraction of sp³-hybridized carbons (Fsp3) is 0.429. The van der Waals surface area contributed by atoms with Gasteiger partial charge in [-0.3, -0.25) is 0 Å². The summed E-state index contributed by atoms with van der Waals surface area (Å²) >= 11 is 0. The second-order valence-electron chi connectivity index (χ2n) is 2.03. The first kappa shape index (κ1) is 8.07. The maximum atomic E-state index is 11.6. The monoisotopic (exact) mass is 155 g/mol. The summed E-state index contributed by atoms with van der Waals surface area (Å²) in [5.74, 6) is 0.695. The lowest BCUT2D eigenvalue weighted by Crippen LogP contribution is -2.17. The van der Waals surface area contributed by atoms with Crippen LogP contribution in [0.1, 0.15) is 5.82 Å². The zero-order valence-corrected chi connectivity index (χ0v) is 6.13. The lowest BCUT2D eigenvalue weighted by molar-refractivity contribution is 0.464. The summed E-state index contributed by atoms with van der Waals surface area (Å²) < 4.78 is 11.6. The molecule has 0 spiro atoms. The van der Waals surface area contributed by atoms with Crippen molar-refractivity contribution < 1.29 is 4.39 Å². The molecule has 0 aliphatic rings. The molecular weight excluding hydrogens is 145 g/mol. The van der Waals surface area contributed by atoms with Crippen LogP contribution in [-0.4, -0.2) is 23.2 Å². The topological polar surface area (TPSA) is 37.8 Å². The summed E-state index contributed by atoms with van der Waals surface area (Å²) in [7, 11) is 0. The Morgan fingerprint density at radius 2 is 2.09 bits per heavy atom. The smallest absolute Gasteiger partial charge is 0.141 e. The lowest BCUT2D eigenvalue weighted by Gasteiger charge is -1.98. The van der Waals surface area contributed by atoms with Gasteiger partial charge in [0.15, 0.2) is 0 Å². The second kappa shape index (κ2) is 4.73. The van der Waals surface area contributed by atoms with Gasteiger partial charge in [0.05, 0.1) is 6.54 Å².